The molecule has 1 atom stereocenters. The first-order chi connectivity index (χ1) is 9.52. The van der Waals surface area contributed by atoms with Gasteiger partial charge in [0.2, 0.25) is 5.91 Å². The predicted molar refractivity (Wildman–Crippen MR) is 72.6 cm³/mol. The molecule has 0 aliphatic carbocycles. The van der Waals surface area contributed by atoms with Gasteiger partial charge >= 0.3 is 6.61 Å². The van der Waals surface area contributed by atoms with Gasteiger partial charge in [-0.25, -0.2) is 0 Å². The fourth-order valence-corrected chi connectivity index (χ4v) is 1.61. The second kappa shape index (κ2) is 8.47. The number of rotatable bonds is 8. The van der Waals surface area contributed by atoms with Crippen LogP contribution in [-0.2, 0) is 11.3 Å². The maximum Gasteiger partial charge on any atom is 0.387 e. The Morgan fingerprint density at radius 1 is 1.30 bits per heavy atom. The highest BCUT2D eigenvalue weighted by molar-refractivity contribution is 5.78. The molecule has 0 saturated heterocycles. The molecule has 1 amide bonds. The van der Waals surface area contributed by atoms with Crippen molar-refractivity contribution in [1.82, 2.24) is 10.6 Å². The Bertz CT molecular complexity index is 410. The lowest BCUT2D eigenvalue weighted by Crippen LogP contribution is -2.34. The summed E-state index contributed by atoms with van der Waals surface area (Å²) in [7, 11) is 0. The molecule has 0 radical (unpaired) electrons. The highest BCUT2D eigenvalue weighted by Crippen LogP contribution is 2.14. The van der Waals surface area contributed by atoms with Gasteiger partial charge in [0.25, 0.3) is 0 Å². The molecule has 112 valence electrons. The number of alkyl halides is 2. The van der Waals surface area contributed by atoms with Crippen molar-refractivity contribution < 1.29 is 18.3 Å². The molecule has 0 aliphatic heterocycles. The van der Waals surface area contributed by atoms with Crippen molar-refractivity contribution in [3.8, 4) is 5.75 Å². The van der Waals surface area contributed by atoms with Crippen molar-refractivity contribution in [1.29, 1.82) is 0 Å². The van der Waals surface area contributed by atoms with Crippen LogP contribution in [0.3, 0.4) is 0 Å². The minimum atomic E-state index is -2.83. The maximum absolute atomic E-state index is 12.0. The lowest BCUT2D eigenvalue weighted by Gasteiger charge is -2.12. The maximum atomic E-state index is 12.0. The van der Waals surface area contributed by atoms with Crippen molar-refractivity contribution in [2.24, 2.45) is 5.92 Å². The van der Waals surface area contributed by atoms with Crippen LogP contribution in [0.5, 0.6) is 5.75 Å². The molecule has 0 aromatic heterocycles. The van der Waals surface area contributed by atoms with Gasteiger partial charge < -0.3 is 15.4 Å². The third-order valence-electron chi connectivity index (χ3n) is 2.76. The fraction of sp³-hybridized carbons (Fsp3) is 0.500. The standard InChI is InChI=1S/C14H20F2N2O2/c1-3-17-8-10(2)13(19)18-9-11-4-6-12(7-5-11)20-14(15)16/h4-7,10,14,17H,3,8-9H2,1-2H3,(H,18,19). The third-order valence-corrected chi connectivity index (χ3v) is 2.76. The number of hydrogen-bond acceptors (Lipinski definition) is 3. The average molecular weight is 286 g/mol. The van der Waals surface area contributed by atoms with E-state index in [0.717, 1.165) is 12.1 Å². The van der Waals surface area contributed by atoms with Gasteiger partial charge in [0.05, 0.1) is 0 Å². The quantitative estimate of drug-likeness (QED) is 0.770. The molecule has 1 aromatic carbocycles. The Hall–Kier alpha value is -1.69. The SMILES string of the molecule is CCNCC(C)C(=O)NCc1ccc(OC(F)F)cc1. The second-order valence-electron chi connectivity index (χ2n) is 4.45. The van der Waals surface area contributed by atoms with Crippen LogP contribution in [0.25, 0.3) is 0 Å². The summed E-state index contributed by atoms with van der Waals surface area (Å²) in [6.45, 7) is 2.81. The Morgan fingerprint density at radius 2 is 1.95 bits per heavy atom. The topological polar surface area (TPSA) is 50.4 Å². The van der Waals surface area contributed by atoms with Gasteiger partial charge in [0.15, 0.2) is 0 Å². The largest absolute Gasteiger partial charge is 0.435 e. The molecule has 0 fully saturated rings. The van der Waals surface area contributed by atoms with Gasteiger partial charge in [0, 0.05) is 19.0 Å². The zero-order valence-corrected chi connectivity index (χ0v) is 11.7. The van der Waals surface area contributed by atoms with E-state index in [1.807, 2.05) is 13.8 Å². The van der Waals surface area contributed by atoms with E-state index in [2.05, 4.69) is 15.4 Å². The van der Waals surface area contributed by atoms with E-state index < -0.39 is 6.61 Å². The molecule has 0 saturated carbocycles. The number of nitrogens with one attached hydrogen (secondary N) is 2. The van der Waals surface area contributed by atoms with E-state index in [9.17, 15) is 13.6 Å². The summed E-state index contributed by atoms with van der Waals surface area (Å²) in [6, 6.07) is 6.20. The van der Waals surface area contributed by atoms with Crippen molar-refractivity contribution >= 4 is 5.91 Å². The first-order valence-electron chi connectivity index (χ1n) is 6.55. The molecule has 1 unspecified atom stereocenters. The van der Waals surface area contributed by atoms with Crippen molar-refractivity contribution in [3.05, 3.63) is 29.8 Å². The minimum Gasteiger partial charge on any atom is -0.435 e. The summed E-state index contributed by atoms with van der Waals surface area (Å²) in [5, 5.41) is 5.90. The first-order valence-corrected chi connectivity index (χ1v) is 6.55. The van der Waals surface area contributed by atoms with Gasteiger partial charge in [-0.2, -0.15) is 8.78 Å². The summed E-state index contributed by atoms with van der Waals surface area (Å²) < 4.78 is 28.2. The zero-order valence-electron chi connectivity index (χ0n) is 11.7. The molecular weight excluding hydrogens is 266 g/mol. The number of amides is 1. The van der Waals surface area contributed by atoms with Crippen LogP contribution >= 0.6 is 0 Å². The van der Waals surface area contributed by atoms with Crippen LogP contribution in [0.2, 0.25) is 0 Å². The van der Waals surface area contributed by atoms with E-state index in [4.69, 9.17) is 0 Å². The van der Waals surface area contributed by atoms with Crippen LogP contribution in [0.4, 0.5) is 8.78 Å². The van der Waals surface area contributed by atoms with E-state index in [-0.39, 0.29) is 17.6 Å². The smallest absolute Gasteiger partial charge is 0.387 e. The average Bonchev–Trinajstić information content (AvgIpc) is 2.43. The van der Waals surface area contributed by atoms with Crippen molar-refractivity contribution in [2.45, 2.75) is 27.0 Å². The van der Waals surface area contributed by atoms with E-state index in [1.54, 1.807) is 12.1 Å². The highest BCUT2D eigenvalue weighted by Gasteiger charge is 2.11. The van der Waals surface area contributed by atoms with Gasteiger partial charge in [-0.15, -0.1) is 0 Å². The van der Waals surface area contributed by atoms with E-state index in [0.29, 0.717) is 13.1 Å². The summed E-state index contributed by atoms with van der Waals surface area (Å²) >= 11 is 0. The molecular formula is C14H20F2N2O2. The van der Waals surface area contributed by atoms with Gasteiger partial charge in [-0.1, -0.05) is 26.0 Å². The summed E-state index contributed by atoms with van der Waals surface area (Å²) in [6.07, 6.45) is 0. The number of ether oxygens (including phenoxy) is 1. The van der Waals surface area contributed by atoms with Gasteiger partial charge in [-0.3, -0.25) is 4.79 Å². The van der Waals surface area contributed by atoms with Gasteiger partial charge in [0.1, 0.15) is 5.75 Å². The van der Waals surface area contributed by atoms with Gasteiger partial charge in [-0.05, 0) is 24.2 Å². The monoisotopic (exact) mass is 286 g/mol. The molecule has 20 heavy (non-hydrogen) atoms. The van der Waals surface area contributed by atoms with Crippen molar-refractivity contribution in [3.63, 3.8) is 0 Å². The van der Waals surface area contributed by atoms with Crippen LogP contribution in [-0.4, -0.2) is 25.6 Å². The number of hydrogen-bond donors (Lipinski definition) is 2. The molecule has 0 aliphatic rings. The van der Waals surface area contributed by atoms with Crippen LogP contribution < -0.4 is 15.4 Å². The first kappa shape index (κ1) is 16.4. The van der Waals surface area contributed by atoms with E-state index >= 15 is 0 Å². The zero-order chi connectivity index (χ0) is 15.0. The second-order valence-corrected chi connectivity index (χ2v) is 4.45. The third kappa shape index (κ3) is 5.97. The molecule has 6 heteroatoms. The number of carbonyl (C=O) groups is 1. The molecule has 1 aromatic rings. The molecule has 0 bridgehead atoms. The lowest BCUT2D eigenvalue weighted by molar-refractivity contribution is -0.124. The summed E-state index contributed by atoms with van der Waals surface area (Å²) in [5.74, 6) is -0.0502. The normalized spacial score (nSPS) is 12.2. The number of halogens is 2. The summed E-state index contributed by atoms with van der Waals surface area (Å²) in [5.41, 5.74) is 0.829. The Labute approximate surface area is 117 Å². The molecule has 0 spiro atoms. The highest BCUT2D eigenvalue weighted by atomic mass is 19.3. The Balaban J connectivity index is 2.39. The molecule has 0 heterocycles. The Kier molecular flexibility index (Phi) is 6.93. The van der Waals surface area contributed by atoms with Crippen LogP contribution in [0.15, 0.2) is 24.3 Å². The molecule has 1 rings (SSSR count). The Morgan fingerprint density at radius 3 is 2.50 bits per heavy atom. The number of benzene rings is 1. The lowest BCUT2D eigenvalue weighted by atomic mass is 10.1. The van der Waals surface area contributed by atoms with E-state index in [1.165, 1.54) is 12.1 Å². The summed E-state index contributed by atoms with van der Waals surface area (Å²) in [4.78, 5) is 11.8. The molecule has 2 N–H and O–H groups in total. The van der Waals surface area contributed by atoms with Crippen LogP contribution in [0.1, 0.15) is 19.4 Å². The van der Waals surface area contributed by atoms with Crippen molar-refractivity contribution in [2.75, 3.05) is 13.1 Å². The predicted octanol–water partition coefficient (Wildman–Crippen LogP) is 2.15. The fourth-order valence-electron chi connectivity index (χ4n) is 1.61. The molecule has 4 nitrogen and oxygen atoms in total. The van der Waals surface area contributed by atoms with Crippen LogP contribution in [0, 0.1) is 5.92 Å². The minimum absolute atomic E-state index is 0.0427. The number of carbonyl (C=O) groups excluding carboxylic acids is 1.